The fraction of sp³-hybridized carbons (Fsp3) is 0. The fourth-order valence-electron chi connectivity index (χ4n) is 3.44. The van der Waals surface area contributed by atoms with Crippen LogP contribution in [0.2, 0.25) is 0 Å². The van der Waals surface area contributed by atoms with E-state index in [1.165, 1.54) is 24.3 Å². The summed E-state index contributed by atoms with van der Waals surface area (Å²) in [6.07, 6.45) is 3.69. The second-order valence-electron chi connectivity index (χ2n) is 6.94. The molecule has 146 valence electrons. The van der Waals surface area contributed by atoms with Crippen molar-refractivity contribution in [2.45, 2.75) is 0 Å². The Labute approximate surface area is 171 Å². The summed E-state index contributed by atoms with van der Waals surface area (Å²) in [6, 6.07) is 21.0. The second kappa shape index (κ2) is 7.33. The number of hydrogen-bond acceptors (Lipinski definition) is 2. The maximum Gasteiger partial charge on any atom is 0.255 e. The van der Waals surface area contributed by atoms with Crippen LogP contribution in [0.3, 0.4) is 0 Å². The van der Waals surface area contributed by atoms with Crippen molar-refractivity contribution in [1.29, 1.82) is 0 Å². The Kier molecular flexibility index (Phi) is 4.37. The van der Waals surface area contributed by atoms with E-state index in [1.807, 2.05) is 42.6 Å². The number of fused-ring (bicyclic) bond motifs is 1. The maximum atomic E-state index is 13.1. The van der Waals surface area contributed by atoms with Crippen LogP contribution in [-0.4, -0.2) is 20.9 Å². The zero-order chi connectivity index (χ0) is 20.5. The molecule has 0 fully saturated rings. The van der Waals surface area contributed by atoms with Gasteiger partial charge in [-0.25, -0.2) is 9.37 Å². The molecule has 1 amide bonds. The van der Waals surface area contributed by atoms with Crippen LogP contribution in [0.1, 0.15) is 10.4 Å². The average Bonchev–Trinajstić information content (AvgIpc) is 3.42. The van der Waals surface area contributed by atoms with E-state index >= 15 is 0 Å². The summed E-state index contributed by atoms with van der Waals surface area (Å²) >= 11 is 0. The number of rotatable bonds is 4. The smallest absolute Gasteiger partial charge is 0.255 e. The molecule has 6 heteroatoms. The van der Waals surface area contributed by atoms with Crippen LogP contribution in [0.5, 0.6) is 0 Å². The van der Waals surface area contributed by atoms with E-state index in [0.717, 1.165) is 33.5 Å². The summed E-state index contributed by atoms with van der Waals surface area (Å²) in [5.41, 5.74) is 4.73. The molecule has 0 saturated carbocycles. The van der Waals surface area contributed by atoms with E-state index in [0.29, 0.717) is 11.3 Å². The van der Waals surface area contributed by atoms with Crippen LogP contribution < -0.4 is 5.32 Å². The van der Waals surface area contributed by atoms with Gasteiger partial charge in [0.1, 0.15) is 11.6 Å². The minimum atomic E-state index is -0.347. The molecule has 30 heavy (non-hydrogen) atoms. The second-order valence-corrected chi connectivity index (χ2v) is 6.94. The number of benzene rings is 3. The molecule has 0 spiro atoms. The molecule has 5 rings (SSSR count). The van der Waals surface area contributed by atoms with Gasteiger partial charge in [0, 0.05) is 39.5 Å². The normalized spacial score (nSPS) is 11.0. The number of imidazole rings is 1. The first-order valence-electron chi connectivity index (χ1n) is 9.46. The van der Waals surface area contributed by atoms with Gasteiger partial charge in [0.2, 0.25) is 0 Å². The topological polar surface area (TPSA) is 73.6 Å². The number of nitrogens with zero attached hydrogens (tertiary/aromatic N) is 1. The number of carbonyl (C=O) groups is 1. The summed E-state index contributed by atoms with van der Waals surface area (Å²) in [6.45, 7) is 0. The molecule has 5 nitrogen and oxygen atoms in total. The van der Waals surface area contributed by atoms with Crippen LogP contribution in [0, 0.1) is 5.82 Å². The highest BCUT2D eigenvalue weighted by molar-refractivity contribution is 6.05. The van der Waals surface area contributed by atoms with E-state index in [4.69, 9.17) is 0 Å². The number of aromatic nitrogens is 3. The minimum Gasteiger partial charge on any atom is -0.360 e. The highest BCUT2D eigenvalue weighted by atomic mass is 19.1. The third-order valence-corrected chi connectivity index (χ3v) is 4.96. The predicted molar refractivity (Wildman–Crippen MR) is 116 cm³/mol. The van der Waals surface area contributed by atoms with E-state index in [-0.39, 0.29) is 11.7 Å². The lowest BCUT2D eigenvalue weighted by Crippen LogP contribution is -2.11. The molecule has 0 bridgehead atoms. The van der Waals surface area contributed by atoms with Crippen LogP contribution in [-0.2, 0) is 0 Å². The average molecular weight is 396 g/mol. The van der Waals surface area contributed by atoms with E-state index < -0.39 is 0 Å². The van der Waals surface area contributed by atoms with Gasteiger partial charge in [-0.1, -0.05) is 30.3 Å². The number of anilines is 1. The summed E-state index contributed by atoms with van der Waals surface area (Å²) in [7, 11) is 0. The molecule has 0 aliphatic heterocycles. The number of carbonyl (C=O) groups excluding carboxylic acids is 1. The largest absolute Gasteiger partial charge is 0.360 e. The summed E-state index contributed by atoms with van der Waals surface area (Å²) < 4.78 is 13.1. The molecule has 2 aromatic heterocycles. The van der Waals surface area contributed by atoms with Crippen molar-refractivity contribution in [2.24, 2.45) is 0 Å². The first kappa shape index (κ1) is 17.9. The molecule has 5 aromatic rings. The van der Waals surface area contributed by atoms with Crippen molar-refractivity contribution in [3.63, 3.8) is 0 Å². The Morgan fingerprint density at radius 2 is 1.80 bits per heavy atom. The molecule has 0 unspecified atom stereocenters. The third kappa shape index (κ3) is 3.35. The van der Waals surface area contributed by atoms with Gasteiger partial charge in [-0.05, 0) is 42.5 Å². The first-order valence-corrected chi connectivity index (χ1v) is 9.46. The molecule has 0 atom stereocenters. The molecule has 0 saturated heterocycles. The number of aromatic amines is 2. The molecule has 2 heterocycles. The SMILES string of the molecule is O=C(Nc1ccc(F)cc1)c1cccc(-c2cnc(-c3c[nH]c4ccccc34)[nH]2)c1. The van der Waals surface area contributed by atoms with Crippen molar-refractivity contribution in [1.82, 2.24) is 15.0 Å². The zero-order valence-electron chi connectivity index (χ0n) is 15.8. The van der Waals surface area contributed by atoms with Crippen molar-refractivity contribution in [3.8, 4) is 22.6 Å². The number of halogens is 1. The zero-order valence-corrected chi connectivity index (χ0v) is 15.8. The van der Waals surface area contributed by atoms with Gasteiger partial charge in [-0.3, -0.25) is 4.79 Å². The third-order valence-electron chi connectivity index (χ3n) is 4.96. The number of para-hydroxylation sites is 1. The quantitative estimate of drug-likeness (QED) is 0.369. The lowest BCUT2D eigenvalue weighted by molar-refractivity contribution is 0.102. The van der Waals surface area contributed by atoms with Crippen molar-refractivity contribution >= 4 is 22.5 Å². The molecular formula is C24H17FN4O. The van der Waals surface area contributed by atoms with Crippen LogP contribution >= 0.6 is 0 Å². The van der Waals surface area contributed by atoms with Gasteiger partial charge in [-0.2, -0.15) is 0 Å². The standard InChI is InChI=1S/C24H17FN4O/c25-17-8-10-18(11-9-17)28-24(30)16-5-3-4-15(12-16)22-14-27-23(29-22)20-13-26-21-7-2-1-6-19(20)21/h1-14,26H,(H,27,29)(H,28,30). The molecule has 0 aliphatic carbocycles. The van der Waals surface area contributed by atoms with Crippen molar-refractivity contribution in [2.75, 3.05) is 5.32 Å². The van der Waals surface area contributed by atoms with Crippen LogP contribution in [0.25, 0.3) is 33.5 Å². The van der Waals surface area contributed by atoms with Gasteiger partial charge < -0.3 is 15.3 Å². The van der Waals surface area contributed by atoms with Crippen molar-refractivity contribution in [3.05, 3.63) is 96.6 Å². The minimum absolute atomic E-state index is 0.264. The van der Waals surface area contributed by atoms with E-state index in [1.54, 1.807) is 18.3 Å². The Morgan fingerprint density at radius 3 is 2.67 bits per heavy atom. The highest BCUT2D eigenvalue weighted by Gasteiger charge is 2.12. The number of nitrogens with one attached hydrogen (secondary N) is 3. The molecular weight excluding hydrogens is 379 g/mol. The van der Waals surface area contributed by atoms with E-state index in [2.05, 4.69) is 20.3 Å². The van der Waals surface area contributed by atoms with Gasteiger partial charge in [0.05, 0.1) is 11.9 Å². The van der Waals surface area contributed by atoms with Gasteiger partial charge in [-0.15, -0.1) is 0 Å². The highest BCUT2D eigenvalue weighted by Crippen LogP contribution is 2.28. The Bertz CT molecular complexity index is 1350. The van der Waals surface area contributed by atoms with E-state index in [9.17, 15) is 9.18 Å². The number of hydrogen-bond donors (Lipinski definition) is 3. The molecule has 0 aliphatic rings. The van der Waals surface area contributed by atoms with Crippen LogP contribution in [0.4, 0.5) is 10.1 Å². The Morgan fingerprint density at radius 1 is 0.967 bits per heavy atom. The molecule has 0 radical (unpaired) electrons. The summed E-state index contributed by atoms with van der Waals surface area (Å²) in [5.74, 6) is 0.142. The Balaban J connectivity index is 1.42. The lowest BCUT2D eigenvalue weighted by atomic mass is 10.1. The maximum absolute atomic E-state index is 13.1. The molecule has 3 N–H and O–H groups in total. The molecule has 3 aromatic carbocycles. The van der Waals surface area contributed by atoms with Gasteiger partial charge >= 0.3 is 0 Å². The fourth-order valence-corrected chi connectivity index (χ4v) is 3.44. The summed E-state index contributed by atoms with van der Waals surface area (Å²) in [5, 5.41) is 3.86. The van der Waals surface area contributed by atoms with Gasteiger partial charge in [0.25, 0.3) is 5.91 Å². The van der Waals surface area contributed by atoms with Crippen LogP contribution in [0.15, 0.2) is 85.2 Å². The predicted octanol–water partition coefficient (Wildman–Crippen LogP) is 5.62. The van der Waals surface area contributed by atoms with Gasteiger partial charge in [0.15, 0.2) is 0 Å². The summed E-state index contributed by atoms with van der Waals surface area (Å²) in [4.78, 5) is 23.7. The Hall–Kier alpha value is -4.19. The lowest BCUT2D eigenvalue weighted by Gasteiger charge is -2.06. The monoisotopic (exact) mass is 396 g/mol. The number of amides is 1. The number of H-pyrrole nitrogens is 2. The van der Waals surface area contributed by atoms with Crippen molar-refractivity contribution < 1.29 is 9.18 Å². The first-order chi connectivity index (χ1) is 14.7.